The van der Waals surface area contributed by atoms with Crippen molar-refractivity contribution in [2.75, 3.05) is 31.1 Å². The number of hydrogen-bond acceptors (Lipinski definition) is 5. The van der Waals surface area contributed by atoms with Crippen LogP contribution in [0, 0.1) is 12.8 Å². The standard InChI is InChI=1S/C23H28N6O/c1-3-20-25-21(27-11-13-28(14-12-27)23(30)17-5-4-6-17)19-15-24-29(22(19)26-20)18-9-7-16(2)8-10-18/h7-10,15,17H,3-6,11-14H2,1-2H3. The number of aryl methyl sites for hydroxylation is 2. The van der Waals surface area contributed by atoms with Crippen LogP contribution < -0.4 is 4.90 Å². The smallest absolute Gasteiger partial charge is 0.225 e. The highest BCUT2D eigenvalue weighted by molar-refractivity contribution is 5.88. The normalized spacial score (nSPS) is 17.4. The molecule has 0 spiro atoms. The third-order valence-corrected chi connectivity index (χ3v) is 6.39. The molecule has 2 aliphatic rings. The average Bonchev–Trinajstić information content (AvgIpc) is 3.16. The summed E-state index contributed by atoms with van der Waals surface area (Å²) in [5.41, 5.74) is 3.06. The number of rotatable bonds is 4. The first-order chi connectivity index (χ1) is 14.6. The molecule has 0 bridgehead atoms. The van der Waals surface area contributed by atoms with E-state index in [4.69, 9.17) is 9.97 Å². The predicted molar refractivity (Wildman–Crippen MR) is 117 cm³/mol. The van der Waals surface area contributed by atoms with E-state index in [1.54, 1.807) is 0 Å². The Labute approximate surface area is 176 Å². The highest BCUT2D eigenvalue weighted by atomic mass is 16.2. The van der Waals surface area contributed by atoms with Crippen LogP contribution in [0.4, 0.5) is 5.82 Å². The Morgan fingerprint density at radius 2 is 1.80 bits per heavy atom. The van der Waals surface area contributed by atoms with Crippen LogP contribution in [0.15, 0.2) is 30.5 Å². The number of fused-ring (bicyclic) bond motifs is 1. The van der Waals surface area contributed by atoms with Gasteiger partial charge in [0.2, 0.25) is 5.91 Å². The van der Waals surface area contributed by atoms with Gasteiger partial charge in [-0.1, -0.05) is 31.0 Å². The van der Waals surface area contributed by atoms with Gasteiger partial charge in [-0.05, 0) is 31.9 Å². The highest BCUT2D eigenvalue weighted by Gasteiger charge is 2.32. The number of piperazine rings is 1. The van der Waals surface area contributed by atoms with Gasteiger partial charge in [-0.15, -0.1) is 0 Å². The molecule has 3 aromatic rings. The molecule has 1 aliphatic carbocycles. The van der Waals surface area contributed by atoms with E-state index in [0.29, 0.717) is 5.91 Å². The van der Waals surface area contributed by atoms with Crippen LogP contribution >= 0.6 is 0 Å². The molecule has 1 amide bonds. The molecule has 30 heavy (non-hydrogen) atoms. The number of anilines is 1. The van der Waals surface area contributed by atoms with E-state index in [0.717, 1.165) is 73.8 Å². The van der Waals surface area contributed by atoms with Gasteiger partial charge < -0.3 is 9.80 Å². The van der Waals surface area contributed by atoms with Crippen LogP contribution in [0.1, 0.15) is 37.6 Å². The summed E-state index contributed by atoms with van der Waals surface area (Å²) < 4.78 is 1.90. The molecule has 3 heterocycles. The molecule has 1 saturated heterocycles. The number of benzene rings is 1. The Kier molecular flexibility index (Phi) is 4.89. The van der Waals surface area contributed by atoms with E-state index in [-0.39, 0.29) is 5.92 Å². The third-order valence-electron chi connectivity index (χ3n) is 6.39. The second-order valence-electron chi connectivity index (χ2n) is 8.39. The van der Waals surface area contributed by atoms with Crippen molar-refractivity contribution in [1.29, 1.82) is 0 Å². The lowest BCUT2D eigenvalue weighted by Crippen LogP contribution is -2.51. The minimum Gasteiger partial charge on any atom is -0.352 e. The SMILES string of the molecule is CCc1nc(N2CCN(C(=O)C3CCC3)CC2)c2cnn(-c3ccc(C)cc3)c2n1. The minimum absolute atomic E-state index is 0.266. The highest BCUT2D eigenvalue weighted by Crippen LogP contribution is 2.30. The molecule has 156 valence electrons. The molecule has 0 unspecified atom stereocenters. The van der Waals surface area contributed by atoms with Gasteiger partial charge in [-0.25, -0.2) is 14.6 Å². The van der Waals surface area contributed by atoms with Crippen molar-refractivity contribution in [3.63, 3.8) is 0 Å². The minimum atomic E-state index is 0.266. The van der Waals surface area contributed by atoms with Gasteiger partial charge in [-0.3, -0.25) is 4.79 Å². The second-order valence-corrected chi connectivity index (χ2v) is 8.39. The van der Waals surface area contributed by atoms with Crippen molar-refractivity contribution < 1.29 is 4.79 Å². The Morgan fingerprint density at radius 1 is 1.07 bits per heavy atom. The van der Waals surface area contributed by atoms with E-state index in [1.807, 2.05) is 15.8 Å². The van der Waals surface area contributed by atoms with Crippen molar-refractivity contribution in [2.45, 2.75) is 39.5 Å². The fourth-order valence-electron chi connectivity index (χ4n) is 4.26. The zero-order valence-electron chi connectivity index (χ0n) is 17.7. The van der Waals surface area contributed by atoms with Crippen LogP contribution in [0.25, 0.3) is 16.7 Å². The van der Waals surface area contributed by atoms with Crippen LogP contribution in [-0.4, -0.2) is 56.7 Å². The average molecular weight is 405 g/mol. The van der Waals surface area contributed by atoms with Gasteiger partial charge in [0.25, 0.3) is 0 Å². The zero-order chi connectivity index (χ0) is 20.7. The van der Waals surface area contributed by atoms with Crippen molar-refractivity contribution in [1.82, 2.24) is 24.6 Å². The molecule has 1 aromatic carbocycles. The quantitative estimate of drug-likeness (QED) is 0.668. The van der Waals surface area contributed by atoms with Crippen LogP contribution in [0.5, 0.6) is 0 Å². The lowest BCUT2D eigenvalue weighted by atomic mass is 9.84. The molecule has 0 N–H and O–H groups in total. The van der Waals surface area contributed by atoms with E-state index in [9.17, 15) is 4.79 Å². The number of aromatic nitrogens is 4. The van der Waals surface area contributed by atoms with Gasteiger partial charge >= 0.3 is 0 Å². The Hall–Kier alpha value is -2.96. The lowest BCUT2D eigenvalue weighted by Gasteiger charge is -2.38. The Bertz CT molecular complexity index is 1060. The molecule has 1 aliphatic heterocycles. The number of carbonyl (C=O) groups is 1. The van der Waals surface area contributed by atoms with E-state index < -0.39 is 0 Å². The van der Waals surface area contributed by atoms with E-state index in [2.05, 4.69) is 48.1 Å². The van der Waals surface area contributed by atoms with Crippen molar-refractivity contribution in [3.8, 4) is 5.69 Å². The number of hydrogen-bond donors (Lipinski definition) is 0. The molecule has 7 heteroatoms. The summed E-state index contributed by atoms with van der Waals surface area (Å²) >= 11 is 0. The fourth-order valence-corrected chi connectivity index (χ4v) is 4.26. The lowest BCUT2D eigenvalue weighted by molar-refractivity contribution is -0.138. The summed E-state index contributed by atoms with van der Waals surface area (Å²) in [7, 11) is 0. The predicted octanol–water partition coefficient (Wildman–Crippen LogP) is 3.14. The maximum atomic E-state index is 12.6. The topological polar surface area (TPSA) is 67.2 Å². The maximum Gasteiger partial charge on any atom is 0.225 e. The molecule has 0 radical (unpaired) electrons. The first-order valence-corrected chi connectivity index (χ1v) is 11.0. The first kappa shape index (κ1) is 19.0. The van der Waals surface area contributed by atoms with Crippen LogP contribution in [-0.2, 0) is 11.2 Å². The molecule has 1 saturated carbocycles. The van der Waals surface area contributed by atoms with E-state index >= 15 is 0 Å². The van der Waals surface area contributed by atoms with Gasteiger partial charge in [0.15, 0.2) is 5.65 Å². The van der Waals surface area contributed by atoms with Crippen molar-refractivity contribution in [3.05, 3.63) is 41.9 Å². The zero-order valence-corrected chi connectivity index (χ0v) is 17.7. The molecule has 7 nitrogen and oxygen atoms in total. The summed E-state index contributed by atoms with van der Waals surface area (Å²) in [5.74, 6) is 2.36. The van der Waals surface area contributed by atoms with Gasteiger partial charge in [0.05, 0.1) is 17.3 Å². The Morgan fingerprint density at radius 3 is 2.43 bits per heavy atom. The summed E-state index contributed by atoms with van der Waals surface area (Å²) in [4.78, 5) is 26.6. The van der Waals surface area contributed by atoms with Gasteiger partial charge in [0, 0.05) is 38.5 Å². The summed E-state index contributed by atoms with van der Waals surface area (Å²) in [6.45, 7) is 7.26. The maximum absolute atomic E-state index is 12.6. The van der Waals surface area contributed by atoms with Crippen molar-refractivity contribution in [2.24, 2.45) is 5.92 Å². The summed E-state index contributed by atoms with van der Waals surface area (Å²) in [5, 5.41) is 5.60. The molecule has 5 rings (SSSR count). The molecular weight excluding hydrogens is 376 g/mol. The van der Waals surface area contributed by atoms with Gasteiger partial charge in [-0.2, -0.15) is 5.10 Å². The number of carbonyl (C=O) groups excluding carboxylic acids is 1. The van der Waals surface area contributed by atoms with Crippen LogP contribution in [0.3, 0.4) is 0 Å². The first-order valence-electron chi connectivity index (χ1n) is 11.0. The summed E-state index contributed by atoms with van der Waals surface area (Å²) in [6, 6.07) is 8.31. The second kappa shape index (κ2) is 7.70. The molecular formula is C23H28N6O. The molecule has 2 aromatic heterocycles. The monoisotopic (exact) mass is 404 g/mol. The molecule has 2 fully saturated rings. The summed E-state index contributed by atoms with van der Waals surface area (Å²) in [6.07, 6.45) is 5.95. The number of amides is 1. The third kappa shape index (κ3) is 3.32. The van der Waals surface area contributed by atoms with Gasteiger partial charge in [0.1, 0.15) is 11.6 Å². The van der Waals surface area contributed by atoms with Crippen LogP contribution in [0.2, 0.25) is 0 Å². The molecule has 0 atom stereocenters. The number of nitrogens with zero attached hydrogens (tertiary/aromatic N) is 6. The largest absolute Gasteiger partial charge is 0.352 e. The fraction of sp³-hybridized carbons (Fsp3) is 0.478. The van der Waals surface area contributed by atoms with E-state index in [1.165, 1.54) is 12.0 Å². The van der Waals surface area contributed by atoms with Crippen molar-refractivity contribution >= 4 is 22.8 Å². The Balaban J connectivity index is 1.44.